The van der Waals surface area contributed by atoms with Gasteiger partial charge in [-0.1, -0.05) is 36.4 Å². The highest BCUT2D eigenvalue weighted by Crippen LogP contribution is 2.37. The number of carbonyl (C=O) groups is 1. The minimum atomic E-state index is -0.473. The van der Waals surface area contributed by atoms with Crippen LogP contribution in [0.5, 0.6) is 11.5 Å². The number of thiocarbonyl (C=S) groups is 1. The fraction of sp³-hybridized carbons (Fsp3) is 0.182. The van der Waals surface area contributed by atoms with E-state index in [-0.39, 0.29) is 11.5 Å². The number of benzene rings is 2. The van der Waals surface area contributed by atoms with Gasteiger partial charge >= 0.3 is 0 Å². The molecule has 0 aromatic heterocycles. The van der Waals surface area contributed by atoms with Crippen molar-refractivity contribution >= 4 is 23.1 Å². The summed E-state index contributed by atoms with van der Waals surface area (Å²) in [5.74, 6) is 0.312. The normalized spacial score (nSPS) is 16.2. The van der Waals surface area contributed by atoms with Gasteiger partial charge in [-0.15, -0.1) is 6.58 Å². The highest BCUT2D eigenvalue weighted by Gasteiger charge is 2.31. The van der Waals surface area contributed by atoms with Gasteiger partial charge in [0.15, 0.2) is 22.4 Å². The van der Waals surface area contributed by atoms with E-state index in [1.165, 1.54) is 7.11 Å². The Bertz CT molecular complexity index is 967. The van der Waals surface area contributed by atoms with Crippen LogP contribution in [0.15, 0.2) is 66.4 Å². The van der Waals surface area contributed by atoms with E-state index in [2.05, 4.69) is 17.2 Å². The van der Waals surface area contributed by atoms with Gasteiger partial charge in [-0.25, -0.2) is 0 Å². The molecule has 0 bridgehead atoms. The predicted octanol–water partition coefficient (Wildman–Crippen LogP) is 3.81. The summed E-state index contributed by atoms with van der Waals surface area (Å²) < 4.78 is 5.34. The van der Waals surface area contributed by atoms with E-state index in [4.69, 9.17) is 17.0 Å². The number of Topliss-reactive ketones (excluding diaryl/α,β-unsaturated/α-hetero) is 1. The van der Waals surface area contributed by atoms with Crippen molar-refractivity contribution in [1.29, 1.82) is 0 Å². The van der Waals surface area contributed by atoms with Gasteiger partial charge < -0.3 is 20.5 Å². The Balaban J connectivity index is 2.14. The van der Waals surface area contributed by atoms with Crippen LogP contribution >= 0.6 is 12.2 Å². The molecule has 1 aliphatic heterocycles. The number of rotatable bonds is 6. The van der Waals surface area contributed by atoms with Gasteiger partial charge in [0.2, 0.25) is 0 Å². The monoisotopic (exact) mass is 394 g/mol. The molecule has 0 amide bonds. The van der Waals surface area contributed by atoms with Gasteiger partial charge in [0.05, 0.1) is 13.2 Å². The summed E-state index contributed by atoms with van der Waals surface area (Å²) in [6.45, 7) is 5.57. The fourth-order valence-electron chi connectivity index (χ4n) is 3.31. The van der Waals surface area contributed by atoms with Crippen LogP contribution in [0.2, 0.25) is 0 Å². The molecular weight excluding hydrogens is 372 g/mol. The van der Waals surface area contributed by atoms with E-state index < -0.39 is 6.04 Å². The van der Waals surface area contributed by atoms with Crippen molar-refractivity contribution in [3.8, 4) is 11.5 Å². The molecule has 6 heteroatoms. The molecule has 2 aromatic rings. The summed E-state index contributed by atoms with van der Waals surface area (Å²) in [7, 11) is 1.49. The minimum absolute atomic E-state index is 0.0688. The van der Waals surface area contributed by atoms with Crippen molar-refractivity contribution in [3.05, 3.63) is 83.1 Å². The van der Waals surface area contributed by atoms with Crippen molar-refractivity contribution in [3.63, 3.8) is 0 Å². The van der Waals surface area contributed by atoms with Gasteiger partial charge in [-0.3, -0.25) is 4.79 Å². The average Bonchev–Trinajstić information content (AvgIpc) is 2.69. The quantitative estimate of drug-likeness (QED) is 0.393. The fourth-order valence-corrected chi connectivity index (χ4v) is 3.58. The van der Waals surface area contributed by atoms with Crippen LogP contribution in [0.25, 0.3) is 0 Å². The molecular formula is C22H22N2O3S. The molecule has 1 unspecified atom stereocenters. The molecule has 1 atom stereocenters. The van der Waals surface area contributed by atoms with Crippen LogP contribution in [-0.4, -0.2) is 23.1 Å². The van der Waals surface area contributed by atoms with Gasteiger partial charge in [0, 0.05) is 22.4 Å². The lowest BCUT2D eigenvalue weighted by atomic mass is 9.88. The molecule has 0 saturated carbocycles. The zero-order chi connectivity index (χ0) is 20.3. The van der Waals surface area contributed by atoms with Crippen molar-refractivity contribution in [2.75, 3.05) is 7.11 Å². The number of hydrogen-bond donors (Lipinski definition) is 3. The number of allylic oxidation sites excluding steroid dienone is 2. The standard InChI is InChI=1S/C22H22N2O3S/c1-4-8-15-11-16(12-17(27-3)20(15)25)19-18(13(2)23-22(28)24-19)21(26)14-9-6-5-7-10-14/h4-7,9-12,19,25H,1,8H2,2-3H3,(H2,23,24,28). The number of ether oxygens (including phenoxy) is 1. The lowest BCUT2D eigenvalue weighted by Crippen LogP contribution is -2.44. The number of carbonyl (C=O) groups excluding carboxylic acids is 1. The maximum absolute atomic E-state index is 13.3. The average molecular weight is 394 g/mol. The first-order chi connectivity index (χ1) is 13.5. The Kier molecular flexibility index (Phi) is 5.80. The molecule has 5 nitrogen and oxygen atoms in total. The van der Waals surface area contributed by atoms with E-state index in [1.807, 2.05) is 31.2 Å². The highest BCUT2D eigenvalue weighted by molar-refractivity contribution is 7.80. The third-order valence-electron chi connectivity index (χ3n) is 4.64. The van der Waals surface area contributed by atoms with Gasteiger partial charge in [-0.2, -0.15) is 0 Å². The number of ketones is 1. The molecule has 144 valence electrons. The van der Waals surface area contributed by atoms with Gasteiger partial charge in [-0.05, 0) is 43.3 Å². The van der Waals surface area contributed by atoms with Crippen LogP contribution in [-0.2, 0) is 6.42 Å². The Morgan fingerprint density at radius 3 is 2.68 bits per heavy atom. The Morgan fingerprint density at radius 2 is 2.04 bits per heavy atom. The van der Waals surface area contributed by atoms with Crippen LogP contribution in [0.4, 0.5) is 0 Å². The third kappa shape index (κ3) is 3.77. The van der Waals surface area contributed by atoms with Crippen molar-refractivity contribution in [2.45, 2.75) is 19.4 Å². The molecule has 28 heavy (non-hydrogen) atoms. The molecule has 2 aromatic carbocycles. The topological polar surface area (TPSA) is 70.6 Å². The van der Waals surface area contributed by atoms with E-state index in [9.17, 15) is 9.90 Å². The Labute approximate surface area is 169 Å². The molecule has 1 aliphatic rings. The third-order valence-corrected chi connectivity index (χ3v) is 4.86. The van der Waals surface area contributed by atoms with E-state index in [0.717, 1.165) is 5.56 Å². The zero-order valence-electron chi connectivity index (χ0n) is 15.8. The molecule has 1 heterocycles. The van der Waals surface area contributed by atoms with Crippen molar-refractivity contribution in [1.82, 2.24) is 10.6 Å². The van der Waals surface area contributed by atoms with Crippen LogP contribution < -0.4 is 15.4 Å². The maximum Gasteiger partial charge on any atom is 0.193 e. The zero-order valence-corrected chi connectivity index (χ0v) is 16.6. The van der Waals surface area contributed by atoms with Crippen molar-refractivity contribution in [2.24, 2.45) is 0 Å². The number of aromatic hydroxyl groups is 1. The van der Waals surface area contributed by atoms with E-state index >= 15 is 0 Å². The lowest BCUT2D eigenvalue weighted by molar-refractivity contribution is 0.102. The minimum Gasteiger partial charge on any atom is -0.504 e. The molecule has 0 saturated heterocycles. The summed E-state index contributed by atoms with van der Waals surface area (Å²) in [5, 5.41) is 17.0. The van der Waals surface area contributed by atoms with E-state index in [1.54, 1.807) is 24.3 Å². The van der Waals surface area contributed by atoms with Gasteiger partial charge in [0.25, 0.3) is 0 Å². The van der Waals surface area contributed by atoms with Gasteiger partial charge in [0.1, 0.15) is 0 Å². The van der Waals surface area contributed by atoms with Crippen LogP contribution in [0.1, 0.15) is 34.5 Å². The second-order valence-electron chi connectivity index (χ2n) is 6.49. The molecule has 3 rings (SSSR count). The summed E-state index contributed by atoms with van der Waals surface area (Å²) in [4.78, 5) is 13.3. The summed E-state index contributed by atoms with van der Waals surface area (Å²) in [6.07, 6.45) is 2.17. The van der Waals surface area contributed by atoms with Crippen molar-refractivity contribution < 1.29 is 14.6 Å². The number of nitrogens with one attached hydrogen (secondary N) is 2. The maximum atomic E-state index is 13.3. The lowest BCUT2D eigenvalue weighted by Gasteiger charge is -2.31. The number of phenols is 1. The SMILES string of the molecule is C=CCc1cc(C2NC(=S)NC(C)=C2C(=O)c2ccccc2)cc(OC)c1O. The largest absolute Gasteiger partial charge is 0.504 e. The predicted molar refractivity (Wildman–Crippen MR) is 114 cm³/mol. The molecule has 0 fully saturated rings. The highest BCUT2D eigenvalue weighted by atomic mass is 32.1. The first-order valence-electron chi connectivity index (χ1n) is 8.85. The van der Waals surface area contributed by atoms with Crippen LogP contribution in [0, 0.1) is 0 Å². The number of methoxy groups -OCH3 is 1. The first kappa shape index (κ1) is 19.6. The summed E-state index contributed by atoms with van der Waals surface area (Å²) in [5.41, 5.74) is 3.29. The molecule has 0 spiro atoms. The molecule has 0 aliphatic carbocycles. The first-order valence-corrected chi connectivity index (χ1v) is 9.25. The smallest absolute Gasteiger partial charge is 0.193 e. The molecule has 3 N–H and O–H groups in total. The Morgan fingerprint density at radius 1 is 1.32 bits per heavy atom. The second kappa shape index (κ2) is 8.27. The van der Waals surface area contributed by atoms with E-state index in [0.29, 0.717) is 39.7 Å². The second-order valence-corrected chi connectivity index (χ2v) is 6.90. The summed E-state index contributed by atoms with van der Waals surface area (Å²) >= 11 is 5.32. The Hall–Kier alpha value is -3.12. The van der Waals surface area contributed by atoms with Crippen LogP contribution in [0.3, 0.4) is 0 Å². The number of hydrogen-bond acceptors (Lipinski definition) is 4. The summed E-state index contributed by atoms with van der Waals surface area (Å²) in [6, 6.07) is 12.2. The molecule has 0 radical (unpaired) electrons. The number of phenolic OH excluding ortho intramolecular Hbond substituents is 1.